The van der Waals surface area contributed by atoms with Crippen molar-refractivity contribution in [2.24, 2.45) is 5.73 Å². The van der Waals surface area contributed by atoms with Gasteiger partial charge in [0.2, 0.25) is 0 Å². The minimum atomic E-state index is 0.202. The van der Waals surface area contributed by atoms with Crippen LogP contribution in [0.4, 0.5) is 0 Å². The average molecular weight is 262 g/mol. The van der Waals surface area contributed by atoms with E-state index in [-0.39, 0.29) is 5.41 Å². The van der Waals surface area contributed by atoms with E-state index in [2.05, 4.69) is 64.9 Å². The molecule has 0 spiro atoms. The molecule has 2 nitrogen and oxygen atoms in total. The van der Waals surface area contributed by atoms with Gasteiger partial charge >= 0.3 is 0 Å². The van der Waals surface area contributed by atoms with Crippen molar-refractivity contribution < 1.29 is 0 Å². The number of nitrogens with zero attached hydrogens (tertiary/aromatic N) is 1. The summed E-state index contributed by atoms with van der Waals surface area (Å²) in [5.74, 6) is 0. The van der Waals surface area contributed by atoms with Gasteiger partial charge in [-0.2, -0.15) is 0 Å². The molecule has 0 aliphatic rings. The lowest BCUT2D eigenvalue weighted by molar-refractivity contribution is 0.279. The van der Waals surface area contributed by atoms with Crippen molar-refractivity contribution in [3.8, 4) is 0 Å². The van der Waals surface area contributed by atoms with Gasteiger partial charge in [0.25, 0.3) is 0 Å². The van der Waals surface area contributed by atoms with Crippen molar-refractivity contribution in [1.29, 1.82) is 0 Å². The molecule has 1 rings (SSSR count). The third-order valence-corrected chi connectivity index (χ3v) is 3.81. The predicted molar refractivity (Wildman–Crippen MR) is 84.6 cm³/mol. The van der Waals surface area contributed by atoms with Gasteiger partial charge in [0.05, 0.1) is 0 Å². The summed E-state index contributed by atoms with van der Waals surface area (Å²) >= 11 is 0. The summed E-state index contributed by atoms with van der Waals surface area (Å²) in [6.45, 7) is 9.78. The second-order valence-electron chi connectivity index (χ2n) is 6.73. The normalized spacial score (nSPS) is 13.9. The number of benzene rings is 1. The summed E-state index contributed by atoms with van der Waals surface area (Å²) in [5, 5.41) is 0. The molecule has 0 bridgehead atoms. The van der Waals surface area contributed by atoms with Gasteiger partial charge in [-0.05, 0) is 62.5 Å². The lowest BCUT2D eigenvalue weighted by atomic mass is 9.83. The molecule has 108 valence electrons. The van der Waals surface area contributed by atoms with Gasteiger partial charge in [0.15, 0.2) is 0 Å². The minimum absolute atomic E-state index is 0.202. The molecule has 2 heteroatoms. The van der Waals surface area contributed by atoms with Crippen molar-refractivity contribution in [3.63, 3.8) is 0 Å². The smallest absolute Gasteiger partial charge is 0.0345 e. The fraction of sp³-hybridized carbons (Fsp3) is 0.647. The van der Waals surface area contributed by atoms with Crippen molar-refractivity contribution in [2.45, 2.75) is 52.0 Å². The van der Waals surface area contributed by atoms with Gasteiger partial charge in [-0.25, -0.2) is 0 Å². The maximum Gasteiger partial charge on any atom is 0.0345 e. The molecule has 2 N–H and O–H groups in total. The molecule has 1 aromatic rings. The Bertz CT molecular complexity index is 402. The van der Waals surface area contributed by atoms with E-state index in [1.165, 1.54) is 16.7 Å². The van der Waals surface area contributed by atoms with Crippen LogP contribution in [0.3, 0.4) is 0 Å². The van der Waals surface area contributed by atoms with Crippen LogP contribution in [0.15, 0.2) is 18.2 Å². The van der Waals surface area contributed by atoms with Crippen molar-refractivity contribution >= 4 is 0 Å². The first-order chi connectivity index (χ1) is 8.77. The molecule has 1 aromatic carbocycles. The Morgan fingerprint density at radius 2 is 1.84 bits per heavy atom. The Labute approximate surface area is 119 Å². The molecule has 0 amide bonds. The Hall–Kier alpha value is -0.860. The van der Waals surface area contributed by atoms with E-state index in [1.807, 2.05) is 0 Å². The quantitative estimate of drug-likeness (QED) is 0.878. The fourth-order valence-electron chi connectivity index (χ4n) is 2.47. The molecular weight excluding hydrogens is 232 g/mol. The second kappa shape index (κ2) is 6.53. The lowest BCUT2D eigenvalue weighted by Crippen LogP contribution is -2.22. The van der Waals surface area contributed by atoms with Crippen molar-refractivity contribution in [3.05, 3.63) is 34.9 Å². The molecule has 0 fully saturated rings. The van der Waals surface area contributed by atoms with Crippen molar-refractivity contribution in [2.75, 3.05) is 20.6 Å². The molecule has 0 aliphatic heterocycles. The highest BCUT2D eigenvalue weighted by Crippen LogP contribution is 2.31. The van der Waals surface area contributed by atoms with Crippen LogP contribution >= 0.6 is 0 Å². The Balaban J connectivity index is 3.14. The van der Waals surface area contributed by atoms with E-state index in [9.17, 15) is 0 Å². The number of aryl methyl sites for hydroxylation is 1. The summed E-state index contributed by atoms with van der Waals surface area (Å²) < 4.78 is 0. The molecule has 1 unspecified atom stereocenters. The monoisotopic (exact) mass is 262 g/mol. The van der Waals surface area contributed by atoms with E-state index in [1.54, 1.807) is 0 Å². The summed E-state index contributed by atoms with van der Waals surface area (Å²) in [6.07, 6.45) is 2.19. The van der Waals surface area contributed by atoms with Crippen LogP contribution in [-0.4, -0.2) is 25.5 Å². The van der Waals surface area contributed by atoms with Crippen LogP contribution < -0.4 is 5.73 Å². The largest absolute Gasteiger partial charge is 0.330 e. The first-order valence-electron chi connectivity index (χ1n) is 7.25. The van der Waals surface area contributed by atoms with Crippen LogP contribution in [0.25, 0.3) is 0 Å². The summed E-state index contributed by atoms with van der Waals surface area (Å²) in [4.78, 5) is 2.31. The summed E-state index contributed by atoms with van der Waals surface area (Å²) in [7, 11) is 4.31. The molecular formula is C17H30N2. The van der Waals surface area contributed by atoms with Gasteiger partial charge in [-0.3, -0.25) is 0 Å². The lowest BCUT2D eigenvalue weighted by Gasteiger charge is -2.28. The third-order valence-electron chi connectivity index (χ3n) is 3.81. The standard InChI is InChI=1S/C17H30N2/c1-13-9-10-14(17(2,3)4)12-15(13)16(19(5)6)8-7-11-18/h9-10,12,16H,7-8,11,18H2,1-6H3. The number of hydrogen-bond acceptors (Lipinski definition) is 2. The highest BCUT2D eigenvalue weighted by Gasteiger charge is 2.20. The number of nitrogens with two attached hydrogens (primary N) is 1. The van der Waals surface area contributed by atoms with Gasteiger partial charge in [0, 0.05) is 6.04 Å². The third kappa shape index (κ3) is 4.32. The Morgan fingerprint density at radius 3 is 2.32 bits per heavy atom. The molecule has 0 aromatic heterocycles. The Morgan fingerprint density at radius 1 is 1.21 bits per heavy atom. The van der Waals surface area contributed by atoms with E-state index in [0.29, 0.717) is 6.04 Å². The van der Waals surface area contributed by atoms with Crippen LogP contribution in [0.2, 0.25) is 0 Å². The molecule has 0 saturated carbocycles. The number of rotatable bonds is 5. The zero-order chi connectivity index (χ0) is 14.6. The zero-order valence-electron chi connectivity index (χ0n) is 13.5. The molecule has 0 aliphatic carbocycles. The fourth-order valence-corrected chi connectivity index (χ4v) is 2.47. The predicted octanol–water partition coefficient (Wildman–Crippen LogP) is 3.63. The highest BCUT2D eigenvalue weighted by atomic mass is 15.1. The molecule has 19 heavy (non-hydrogen) atoms. The van der Waals surface area contributed by atoms with Crippen LogP contribution in [-0.2, 0) is 5.41 Å². The molecule has 0 saturated heterocycles. The highest BCUT2D eigenvalue weighted by molar-refractivity contribution is 5.36. The van der Waals surface area contributed by atoms with Crippen LogP contribution in [0.1, 0.15) is 56.3 Å². The SMILES string of the molecule is Cc1ccc(C(C)(C)C)cc1C(CCCN)N(C)C. The van der Waals surface area contributed by atoms with Gasteiger partial charge in [0.1, 0.15) is 0 Å². The Kier molecular flexibility index (Phi) is 5.57. The molecule has 0 heterocycles. The number of hydrogen-bond donors (Lipinski definition) is 1. The van der Waals surface area contributed by atoms with Gasteiger partial charge in [-0.15, -0.1) is 0 Å². The second-order valence-corrected chi connectivity index (χ2v) is 6.73. The van der Waals surface area contributed by atoms with Crippen LogP contribution in [0.5, 0.6) is 0 Å². The first kappa shape index (κ1) is 16.2. The molecule has 1 atom stereocenters. The molecule has 0 radical (unpaired) electrons. The summed E-state index contributed by atoms with van der Waals surface area (Å²) in [5.41, 5.74) is 10.1. The van der Waals surface area contributed by atoms with E-state index in [0.717, 1.165) is 19.4 Å². The topological polar surface area (TPSA) is 29.3 Å². The van der Waals surface area contributed by atoms with E-state index < -0.39 is 0 Å². The average Bonchev–Trinajstić information content (AvgIpc) is 2.29. The maximum absolute atomic E-state index is 5.67. The van der Waals surface area contributed by atoms with Gasteiger partial charge < -0.3 is 10.6 Å². The van der Waals surface area contributed by atoms with Crippen LogP contribution in [0, 0.1) is 6.92 Å². The van der Waals surface area contributed by atoms with Crippen molar-refractivity contribution in [1.82, 2.24) is 4.90 Å². The zero-order valence-corrected chi connectivity index (χ0v) is 13.5. The minimum Gasteiger partial charge on any atom is -0.330 e. The van der Waals surface area contributed by atoms with Gasteiger partial charge in [-0.1, -0.05) is 39.0 Å². The first-order valence-corrected chi connectivity index (χ1v) is 7.25. The maximum atomic E-state index is 5.67. The van der Waals surface area contributed by atoms with E-state index in [4.69, 9.17) is 5.73 Å². The van der Waals surface area contributed by atoms with E-state index >= 15 is 0 Å². The summed E-state index contributed by atoms with van der Waals surface area (Å²) in [6, 6.07) is 7.37.